The zero-order valence-corrected chi connectivity index (χ0v) is 9.69. The summed E-state index contributed by atoms with van der Waals surface area (Å²) in [4.78, 5) is 10.3. The molecule has 0 aromatic carbocycles. The molecule has 0 unspecified atom stereocenters. The molecule has 0 saturated heterocycles. The van der Waals surface area contributed by atoms with Crippen molar-refractivity contribution in [3.63, 3.8) is 0 Å². The van der Waals surface area contributed by atoms with Crippen LogP contribution in [0.15, 0.2) is 35.5 Å². The first-order chi connectivity index (χ1) is 7.15. The van der Waals surface area contributed by atoms with Gasteiger partial charge in [0.05, 0.1) is 0 Å². The summed E-state index contributed by atoms with van der Waals surface area (Å²) in [6, 6.07) is 0. The molecule has 0 aromatic rings. The number of hydrogen-bond donors (Lipinski definition) is 0. The van der Waals surface area contributed by atoms with Gasteiger partial charge in [0.15, 0.2) is 6.29 Å². The lowest BCUT2D eigenvalue weighted by Crippen LogP contribution is -2.13. The van der Waals surface area contributed by atoms with Crippen molar-refractivity contribution in [1.82, 2.24) is 0 Å². The van der Waals surface area contributed by atoms with E-state index >= 15 is 0 Å². The fraction of sp³-hybridized carbons (Fsp3) is 0.417. The zero-order chi connectivity index (χ0) is 11.7. The Balaban J connectivity index is 4.32. The van der Waals surface area contributed by atoms with Gasteiger partial charge in [0.1, 0.15) is 6.29 Å². The van der Waals surface area contributed by atoms with E-state index in [9.17, 15) is 4.79 Å². The summed E-state index contributed by atoms with van der Waals surface area (Å²) in [5, 5.41) is 0. The van der Waals surface area contributed by atoms with Crippen molar-refractivity contribution in [2.24, 2.45) is 0 Å². The smallest absolute Gasteiger partial charge is 0.179 e. The van der Waals surface area contributed by atoms with E-state index in [4.69, 9.17) is 9.47 Å². The number of methoxy groups -OCH3 is 2. The second kappa shape index (κ2) is 8.15. The van der Waals surface area contributed by atoms with Crippen LogP contribution in [0.2, 0.25) is 0 Å². The molecule has 0 aliphatic rings. The topological polar surface area (TPSA) is 35.5 Å². The molecule has 0 N–H and O–H groups in total. The number of allylic oxidation sites excluding steroid dienone is 5. The Kier molecular flexibility index (Phi) is 7.50. The van der Waals surface area contributed by atoms with Crippen LogP contribution in [0.4, 0.5) is 0 Å². The van der Waals surface area contributed by atoms with Crippen molar-refractivity contribution in [2.45, 2.75) is 20.1 Å². The first-order valence-corrected chi connectivity index (χ1v) is 4.68. The highest BCUT2D eigenvalue weighted by Gasteiger charge is 2.04. The summed E-state index contributed by atoms with van der Waals surface area (Å²) < 4.78 is 10.1. The number of hydrogen-bond acceptors (Lipinski definition) is 3. The van der Waals surface area contributed by atoms with Gasteiger partial charge in [-0.05, 0) is 25.0 Å². The number of aldehydes is 1. The van der Waals surface area contributed by atoms with Crippen molar-refractivity contribution in [2.75, 3.05) is 14.2 Å². The van der Waals surface area contributed by atoms with Gasteiger partial charge in [-0.3, -0.25) is 4.79 Å². The number of rotatable bonds is 6. The Bertz CT molecular complexity index is 271. The Morgan fingerprint density at radius 2 is 1.60 bits per heavy atom. The molecule has 0 spiro atoms. The van der Waals surface area contributed by atoms with Gasteiger partial charge < -0.3 is 9.47 Å². The van der Waals surface area contributed by atoms with Crippen LogP contribution in [0.1, 0.15) is 13.8 Å². The Labute approximate surface area is 91.1 Å². The van der Waals surface area contributed by atoms with Crippen molar-refractivity contribution in [3.8, 4) is 0 Å². The van der Waals surface area contributed by atoms with E-state index in [1.54, 1.807) is 33.3 Å². The van der Waals surface area contributed by atoms with Crippen LogP contribution in [0, 0.1) is 0 Å². The molecule has 0 atom stereocenters. The van der Waals surface area contributed by atoms with Gasteiger partial charge >= 0.3 is 0 Å². The summed E-state index contributed by atoms with van der Waals surface area (Å²) in [5.41, 5.74) is 1.65. The van der Waals surface area contributed by atoms with Gasteiger partial charge in [-0.2, -0.15) is 0 Å². The van der Waals surface area contributed by atoms with E-state index in [2.05, 4.69) is 0 Å². The van der Waals surface area contributed by atoms with Crippen LogP contribution in [0.3, 0.4) is 0 Å². The summed E-state index contributed by atoms with van der Waals surface area (Å²) in [5.74, 6) is 0. The molecule has 3 heteroatoms. The zero-order valence-electron chi connectivity index (χ0n) is 9.69. The minimum atomic E-state index is -0.314. The highest BCUT2D eigenvalue weighted by atomic mass is 16.7. The molecular weight excluding hydrogens is 192 g/mol. The number of carbonyl (C=O) groups is 1. The van der Waals surface area contributed by atoms with Gasteiger partial charge in [-0.15, -0.1) is 0 Å². The van der Waals surface area contributed by atoms with Crippen LogP contribution in [-0.4, -0.2) is 26.8 Å². The molecule has 0 aliphatic heterocycles. The number of carbonyl (C=O) groups excluding carboxylic acids is 1. The molecule has 3 nitrogen and oxygen atoms in total. The van der Waals surface area contributed by atoms with E-state index in [0.29, 0.717) is 5.57 Å². The first-order valence-electron chi connectivity index (χ1n) is 4.68. The van der Waals surface area contributed by atoms with Gasteiger partial charge in [-0.25, -0.2) is 0 Å². The van der Waals surface area contributed by atoms with Crippen LogP contribution in [0.5, 0.6) is 0 Å². The standard InChI is InChI=1S/C12H18O3/c1-10(9-13)7-5-6-8-11(2)12(14-3)15-4/h5-9,12H,1-4H3. The molecule has 0 aromatic heterocycles. The number of ether oxygens (including phenoxy) is 2. The SMILES string of the molecule is COC(OC)C(C)=CC=CC=C(C)C=O. The van der Waals surface area contributed by atoms with Gasteiger partial charge in [0.25, 0.3) is 0 Å². The fourth-order valence-corrected chi connectivity index (χ4v) is 1.00. The predicted octanol–water partition coefficient (Wildman–Crippen LogP) is 2.25. The molecular formula is C12H18O3. The molecule has 15 heavy (non-hydrogen) atoms. The molecule has 0 heterocycles. The normalized spacial score (nSPS) is 13.9. The predicted molar refractivity (Wildman–Crippen MR) is 60.5 cm³/mol. The quantitative estimate of drug-likeness (QED) is 0.292. The van der Waals surface area contributed by atoms with Crippen LogP contribution in [-0.2, 0) is 14.3 Å². The van der Waals surface area contributed by atoms with E-state index in [1.807, 2.05) is 19.1 Å². The van der Waals surface area contributed by atoms with Gasteiger partial charge in [0.2, 0.25) is 0 Å². The highest BCUT2D eigenvalue weighted by molar-refractivity contribution is 5.72. The Morgan fingerprint density at radius 1 is 1.07 bits per heavy atom. The first kappa shape index (κ1) is 13.8. The monoisotopic (exact) mass is 210 g/mol. The maximum absolute atomic E-state index is 10.3. The molecule has 0 saturated carbocycles. The summed E-state index contributed by atoms with van der Waals surface area (Å²) >= 11 is 0. The van der Waals surface area contributed by atoms with Crippen LogP contribution in [0.25, 0.3) is 0 Å². The minimum absolute atomic E-state index is 0.314. The molecule has 0 bridgehead atoms. The van der Waals surface area contributed by atoms with E-state index < -0.39 is 0 Å². The molecule has 0 radical (unpaired) electrons. The average Bonchev–Trinajstić information content (AvgIpc) is 2.25. The lowest BCUT2D eigenvalue weighted by molar-refractivity contribution is -0.104. The van der Waals surface area contributed by atoms with E-state index in [0.717, 1.165) is 11.9 Å². The third-order valence-corrected chi connectivity index (χ3v) is 1.82. The average molecular weight is 210 g/mol. The summed E-state index contributed by atoms with van der Waals surface area (Å²) in [6.45, 7) is 3.67. The van der Waals surface area contributed by atoms with E-state index in [1.165, 1.54) is 0 Å². The minimum Gasteiger partial charge on any atom is -0.352 e. The van der Waals surface area contributed by atoms with Crippen LogP contribution >= 0.6 is 0 Å². The second-order valence-electron chi connectivity index (χ2n) is 3.13. The Morgan fingerprint density at radius 3 is 2.07 bits per heavy atom. The lowest BCUT2D eigenvalue weighted by atomic mass is 10.2. The van der Waals surface area contributed by atoms with Gasteiger partial charge in [0, 0.05) is 14.2 Å². The molecule has 84 valence electrons. The summed E-state index contributed by atoms with van der Waals surface area (Å²) in [7, 11) is 3.18. The molecule has 0 aliphatic carbocycles. The van der Waals surface area contributed by atoms with Crippen molar-refractivity contribution >= 4 is 6.29 Å². The molecule has 0 amide bonds. The highest BCUT2D eigenvalue weighted by Crippen LogP contribution is 2.05. The largest absolute Gasteiger partial charge is 0.352 e. The Hall–Kier alpha value is -1.19. The third kappa shape index (κ3) is 5.99. The summed E-state index contributed by atoms with van der Waals surface area (Å²) in [6.07, 6.45) is 7.76. The van der Waals surface area contributed by atoms with E-state index in [-0.39, 0.29) is 6.29 Å². The van der Waals surface area contributed by atoms with Gasteiger partial charge in [-0.1, -0.05) is 24.3 Å². The molecule has 0 rings (SSSR count). The fourth-order valence-electron chi connectivity index (χ4n) is 1.00. The maximum atomic E-state index is 10.3. The lowest BCUT2D eigenvalue weighted by Gasteiger charge is -2.12. The maximum Gasteiger partial charge on any atom is 0.179 e. The van der Waals surface area contributed by atoms with Crippen molar-refractivity contribution in [1.29, 1.82) is 0 Å². The van der Waals surface area contributed by atoms with Crippen molar-refractivity contribution < 1.29 is 14.3 Å². The second-order valence-corrected chi connectivity index (χ2v) is 3.13. The van der Waals surface area contributed by atoms with Crippen molar-refractivity contribution in [3.05, 3.63) is 35.5 Å². The third-order valence-electron chi connectivity index (χ3n) is 1.82. The molecule has 0 fully saturated rings. The van der Waals surface area contributed by atoms with Crippen LogP contribution < -0.4 is 0 Å².